The van der Waals surface area contributed by atoms with Gasteiger partial charge < -0.3 is 19.5 Å². The number of benzene rings is 1. The maximum Gasteiger partial charge on any atom is 0.422 e. The zero-order valence-corrected chi connectivity index (χ0v) is 14.5. The highest BCUT2D eigenvalue weighted by atomic mass is 32.2. The summed E-state index contributed by atoms with van der Waals surface area (Å²) in [4.78, 5) is 24.7. The number of thioether (sulfide) groups is 1. The van der Waals surface area contributed by atoms with Crippen molar-refractivity contribution in [2.24, 2.45) is 0 Å². The third-order valence-corrected chi connectivity index (χ3v) is 4.64. The molecule has 26 heavy (non-hydrogen) atoms. The monoisotopic (exact) mass is 393 g/mol. The van der Waals surface area contributed by atoms with Gasteiger partial charge in [0.2, 0.25) is 0 Å². The fraction of sp³-hybridized carbons (Fsp3) is 0.500. The number of para-hydroxylation sites is 2. The first-order valence-corrected chi connectivity index (χ1v) is 8.92. The molecule has 1 aliphatic rings. The first-order valence-electron chi connectivity index (χ1n) is 7.76. The number of hydrogen-bond acceptors (Lipinski definition) is 5. The quantitative estimate of drug-likeness (QED) is 0.767. The molecule has 0 aromatic heterocycles. The van der Waals surface area contributed by atoms with Gasteiger partial charge in [-0.3, -0.25) is 9.59 Å². The van der Waals surface area contributed by atoms with Gasteiger partial charge in [-0.25, -0.2) is 0 Å². The van der Waals surface area contributed by atoms with Gasteiger partial charge in [0.15, 0.2) is 24.7 Å². The third kappa shape index (κ3) is 6.32. The highest BCUT2D eigenvalue weighted by molar-refractivity contribution is 7.99. The van der Waals surface area contributed by atoms with Crippen LogP contribution in [-0.2, 0) is 9.59 Å². The smallest absolute Gasteiger partial charge is 0.422 e. The number of carboxylic acid groups (broad SMARTS) is 1. The minimum Gasteiger partial charge on any atom is -0.481 e. The molecule has 0 spiro atoms. The molecule has 1 saturated heterocycles. The average molecular weight is 393 g/mol. The Bertz CT molecular complexity index is 641. The van der Waals surface area contributed by atoms with Crippen molar-refractivity contribution in [3.8, 4) is 11.5 Å². The van der Waals surface area contributed by atoms with E-state index in [1.165, 1.54) is 23.1 Å². The Morgan fingerprint density at radius 2 is 1.88 bits per heavy atom. The molecule has 1 aromatic carbocycles. The number of carbonyl (C=O) groups is 2. The number of nitrogens with zero attached hydrogens (tertiary/aromatic N) is 1. The molecule has 1 N–H and O–H groups in total. The van der Waals surface area contributed by atoms with Gasteiger partial charge in [-0.15, -0.1) is 0 Å². The second kappa shape index (κ2) is 9.02. The van der Waals surface area contributed by atoms with Crippen LogP contribution >= 0.6 is 11.8 Å². The van der Waals surface area contributed by atoms with Crippen LogP contribution in [0.4, 0.5) is 13.2 Å². The van der Waals surface area contributed by atoms with E-state index in [1.807, 2.05) is 0 Å². The molecule has 1 fully saturated rings. The van der Waals surface area contributed by atoms with Crippen molar-refractivity contribution in [1.82, 2.24) is 4.90 Å². The normalized spacial score (nSPS) is 17.7. The predicted molar refractivity (Wildman–Crippen MR) is 88.6 cm³/mol. The molecule has 0 bridgehead atoms. The molecule has 2 rings (SSSR count). The Morgan fingerprint density at radius 3 is 2.50 bits per heavy atom. The molecule has 1 unspecified atom stereocenters. The van der Waals surface area contributed by atoms with Crippen molar-refractivity contribution in [1.29, 1.82) is 0 Å². The molecule has 6 nitrogen and oxygen atoms in total. The average Bonchev–Trinajstić information content (AvgIpc) is 2.58. The zero-order chi connectivity index (χ0) is 19.2. The lowest BCUT2D eigenvalue weighted by Gasteiger charge is -2.34. The summed E-state index contributed by atoms with van der Waals surface area (Å²) in [7, 11) is 0. The molecule has 0 radical (unpaired) electrons. The first-order chi connectivity index (χ1) is 12.3. The number of halogens is 3. The van der Waals surface area contributed by atoms with Crippen LogP contribution < -0.4 is 9.47 Å². The maximum atomic E-state index is 12.4. The fourth-order valence-electron chi connectivity index (χ4n) is 2.42. The number of carboxylic acids is 1. The van der Waals surface area contributed by atoms with E-state index in [9.17, 15) is 22.8 Å². The Hall–Kier alpha value is -2.10. The van der Waals surface area contributed by atoms with E-state index in [1.54, 1.807) is 17.8 Å². The SMILES string of the molecule is O=C(O)CC1CSCCN1C(=O)COc1ccccc1OCC(F)(F)F. The van der Waals surface area contributed by atoms with Gasteiger partial charge in [0.25, 0.3) is 5.91 Å². The predicted octanol–water partition coefficient (Wildman–Crippen LogP) is 2.43. The molecular formula is C16H18F3NO5S. The van der Waals surface area contributed by atoms with Crippen molar-refractivity contribution in [2.45, 2.75) is 18.6 Å². The molecular weight excluding hydrogens is 375 g/mol. The van der Waals surface area contributed by atoms with Crippen molar-refractivity contribution >= 4 is 23.6 Å². The maximum absolute atomic E-state index is 12.4. The highest BCUT2D eigenvalue weighted by Gasteiger charge is 2.30. The van der Waals surface area contributed by atoms with Crippen LogP contribution in [0.3, 0.4) is 0 Å². The summed E-state index contributed by atoms with van der Waals surface area (Å²) in [5.41, 5.74) is 0. The van der Waals surface area contributed by atoms with Crippen LogP contribution in [0.25, 0.3) is 0 Å². The number of hydrogen-bond donors (Lipinski definition) is 1. The van der Waals surface area contributed by atoms with Gasteiger partial charge in [-0.05, 0) is 12.1 Å². The Labute approximate surface area is 152 Å². The van der Waals surface area contributed by atoms with Gasteiger partial charge in [0, 0.05) is 18.1 Å². The lowest BCUT2D eigenvalue weighted by molar-refractivity contribution is -0.154. The zero-order valence-electron chi connectivity index (χ0n) is 13.7. The van der Waals surface area contributed by atoms with Crippen LogP contribution in [0.5, 0.6) is 11.5 Å². The van der Waals surface area contributed by atoms with Crippen LogP contribution in [0.15, 0.2) is 24.3 Å². The summed E-state index contributed by atoms with van der Waals surface area (Å²) >= 11 is 1.57. The van der Waals surface area contributed by atoms with E-state index in [2.05, 4.69) is 0 Å². The largest absolute Gasteiger partial charge is 0.481 e. The van der Waals surface area contributed by atoms with Crippen molar-refractivity contribution in [3.63, 3.8) is 0 Å². The van der Waals surface area contributed by atoms with E-state index >= 15 is 0 Å². The third-order valence-electron chi connectivity index (χ3n) is 3.55. The second-order valence-corrected chi connectivity index (χ2v) is 6.70. The van der Waals surface area contributed by atoms with Crippen LogP contribution in [-0.4, -0.2) is 65.4 Å². The van der Waals surface area contributed by atoms with Crippen LogP contribution in [0, 0.1) is 0 Å². The molecule has 1 amide bonds. The Balaban J connectivity index is 1.97. The summed E-state index contributed by atoms with van der Waals surface area (Å²) in [5.74, 6) is -0.305. The Morgan fingerprint density at radius 1 is 1.23 bits per heavy atom. The number of amides is 1. The standard InChI is InChI=1S/C16H18F3NO5S/c17-16(18,19)10-25-13-4-2-1-3-12(13)24-8-14(21)20-5-6-26-9-11(20)7-15(22)23/h1-4,11H,5-10H2,(H,22,23). The van der Waals surface area contributed by atoms with E-state index in [0.717, 1.165) is 0 Å². The lowest BCUT2D eigenvalue weighted by Crippen LogP contribution is -2.48. The first kappa shape index (κ1) is 20.2. The number of carbonyl (C=O) groups excluding carboxylic acids is 1. The number of alkyl halides is 3. The molecule has 1 aromatic rings. The molecule has 1 atom stereocenters. The Kier molecular flexibility index (Phi) is 7.01. The number of rotatable bonds is 7. The van der Waals surface area contributed by atoms with Gasteiger partial charge in [0.05, 0.1) is 12.5 Å². The van der Waals surface area contributed by atoms with Gasteiger partial charge in [-0.1, -0.05) is 12.1 Å². The second-order valence-electron chi connectivity index (χ2n) is 5.55. The molecule has 0 saturated carbocycles. The highest BCUT2D eigenvalue weighted by Crippen LogP contribution is 2.28. The molecule has 0 aliphatic carbocycles. The summed E-state index contributed by atoms with van der Waals surface area (Å²) in [5, 5.41) is 8.95. The van der Waals surface area contributed by atoms with Crippen LogP contribution in [0.2, 0.25) is 0 Å². The molecule has 10 heteroatoms. The minimum absolute atomic E-state index is 0.0197. The summed E-state index contributed by atoms with van der Waals surface area (Å²) in [6.07, 6.45) is -4.65. The molecule has 1 aliphatic heterocycles. The lowest BCUT2D eigenvalue weighted by atomic mass is 10.2. The number of ether oxygens (including phenoxy) is 2. The molecule has 144 valence electrons. The van der Waals surface area contributed by atoms with Crippen molar-refractivity contribution < 1.29 is 37.3 Å². The summed E-state index contributed by atoms with van der Waals surface area (Å²) in [6.45, 7) is -1.48. The summed E-state index contributed by atoms with van der Waals surface area (Å²) in [6, 6.07) is 5.32. The van der Waals surface area contributed by atoms with E-state index < -0.39 is 37.3 Å². The van der Waals surface area contributed by atoms with E-state index in [-0.39, 0.29) is 17.9 Å². The van der Waals surface area contributed by atoms with Gasteiger partial charge in [-0.2, -0.15) is 24.9 Å². The summed E-state index contributed by atoms with van der Waals surface area (Å²) < 4.78 is 46.9. The minimum atomic E-state index is -4.49. The van der Waals surface area contributed by atoms with Crippen molar-refractivity contribution in [2.75, 3.05) is 31.3 Å². The van der Waals surface area contributed by atoms with E-state index in [4.69, 9.17) is 14.6 Å². The van der Waals surface area contributed by atoms with Crippen molar-refractivity contribution in [3.05, 3.63) is 24.3 Å². The van der Waals surface area contributed by atoms with Gasteiger partial charge >= 0.3 is 12.1 Å². The van der Waals surface area contributed by atoms with E-state index in [0.29, 0.717) is 18.1 Å². The number of aliphatic carboxylic acids is 1. The van der Waals surface area contributed by atoms with Crippen LogP contribution in [0.1, 0.15) is 6.42 Å². The topological polar surface area (TPSA) is 76.1 Å². The van der Waals surface area contributed by atoms with Gasteiger partial charge in [0.1, 0.15) is 0 Å². The molecule has 1 heterocycles. The fourth-order valence-corrected chi connectivity index (χ4v) is 3.49.